The molecular weight excluding hydrogens is 283 g/mol. The van der Waals surface area contributed by atoms with Crippen LogP contribution in [-0.2, 0) is 9.63 Å². The second-order valence-electron chi connectivity index (χ2n) is 5.98. The Morgan fingerprint density at radius 3 is 2.91 bits per heavy atom. The van der Waals surface area contributed by atoms with Gasteiger partial charge in [0.05, 0.1) is 12.3 Å². The number of carbonyl (C=O) groups is 1. The van der Waals surface area contributed by atoms with Gasteiger partial charge in [0.2, 0.25) is 5.91 Å². The van der Waals surface area contributed by atoms with Crippen LogP contribution in [0, 0.1) is 11.7 Å². The van der Waals surface area contributed by atoms with Gasteiger partial charge in [-0.3, -0.25) is 4.79 Å². The minimum Gasteiger partial charge on any atom is -0.390 e. The molecule has 1 aromatic carbocycles. The van der Waals surface area contributed by atoms with Gasteiger partial charge >= 0.3 is 0 Å². The molecular formula is C17H21FN2O2. The highest BCUT2D eigenvalue weighted by molar-refractivity contribution is 6.01. The summed E-state index contributed by atoms with van der Waals surface area (Å²) in [6.07, 6.45) is 3.64. The molecule has 1 fully saturated rings. The van der Waals surface area contributed by atoms with Crippen molar-refractivity contribution in [3.8, 4) is 0 Å². The van der Waals surface area contributed by atoms with Crippen molar-refractivity contribution in [1.29, 1.82) is 0 Å². The molecule has 0 bridgehead atoms. The van der Waals surface area contributed by atoms with E-state index in [1.54, 1.807) is 6.07 Å². The van der Waals surface area contributed by atoms with Crippen LogP contribution >= 0.6 is 0 Å². The number of hydrogen-bond donors (Lipinski definition) is 0. The van der Waals surface area contributed by atoms with Crippen LogP contribution < -0.4 is 0 Å². The molecule has 1 saturated carbocycles. The quantitative estimate of drug-likeness (QED) is 0.839. The molecule has 1 atom stereocenters. The number of benzene rings is 1. The smallest absolute Gasteiger partial charge is 0.225 e. The number of likely N-dealkylation sites (N-methyl/N-ethyl adjacent to an activating group) is 1. The van der Waals surface area contributed by atoms with Gasteiger partial charge in [-0.25, -0.2) is 4.39 Å². The van der Waals surface area contributed by atoms with Crippen molar-refractivity contribution in [1.82, 2.24) is 4.90 Å². The van der Waals surface area contributed by atoms with Crippen LogP contribution in [0.25, 0.3) is 0 Å². The SMILES string of the molecule is CCN(CC1CC(c2cccc(F)c2)=NO1)C(=O)C1CCC1. The number of carbonyl (C=O) groups excluding carboxylic acids is 1. The lowest BCUT2D eigenvalue weighted by Crippen LogP contribution is -2.42. The highest BCUT2D eigenvalue weighted by atomic mass is 19.1. The van der Waals surface area contributed by atoms with Crippen molar-refractivity contribution in [2.24, 2.45) is 11.1 Å². The minimum absolute atomic E-state index is 0.137. The van der Waals surface area contributed by atoms with Gasteiger partial charge in [0.15, 0.2) is 6.10 Å². The van der Waals surface area contributed by atoms with Crippen molar-refractivity contribution in [3.63, 3.8) is 0 Å². The monoisotopic (exact) mass is 304 g/mol. The van der Waals surface area contributed by atoms with Crippen LogP contribution in [0.2, 0.25) is 0 Å². The van der Waals surface area contributed by atoms with Crippen LogP contribution in [0.1, 0.15) is 38.2 Å². The lowest BCUT2D eigenvalue weighted by atomic mass is 9.84. The van der Waals surface area contributed by atoms with Crippen LogP contribution in [0.15, 0.2) is 29.4 Å². The first kappa shape index (κ1) is 15.0. The Labute approximate surface area is 129 Å². The van der Waals surface area contributed by atoms with E-state index in [0.29, 0.717) is 19.5 Å². The maximum Gasteiger partial charge on any atom is 0.225 e. The number of rotatable bonds is 5. The summed E-state index contributed by atoms with van der Waals surface area (Å²) in [6, 6.07) is 6.36. The molecule has 0 spiro atoms. The van der Waals surface area contributed by atoms with Crippen LogP contribution in [0.3, 0.4) is 0 Å². The van der Waals surface area contributed by atoms with Crippen molar-refractivity contribution >= 4 is 11.6 Å². The average molecular weight is 304 g/mol. The van der Waals surface area contributed by atoms with Crippen molar-refractivity contribution < 1.29 is 14.0 Å². The number of hydrogen-bond acceptors (Lipinski definition) is 3. The second-order valence-corrected chi connectivity index (χ2v) is 5.98. The summed E-state index contributed by atoms with van der Waals surface area (Å²) < 4.78 is 13.3. The molecule has 118 valence electrons. The predicted octanol–water partition coefficient (Wildman–Crippen LogP) is 2.97. The van der Waals surface area contributed by atoms with Gasteiger partial charge in [-0.05, 0) is 31.9 Å². The Morgan fingerprint density at radius 2 is 2.27 bits per heavy atom. The van der Waals surface area contributed by atoms with Crippen molar-refractivity contribution in [2.75, 3.05) is 13.1 Å². The predicted molar refractivity (Wildman–Crippen MR) is 82.0 cm³/mol. The Hall–Kier alpha value is -1.91. The Bertz CT molecular complexity index is 584. The zero-order valence-electron chi connectivity index (χ0n) is 12.8. The van der Waals surface area contributed by atoms with Gasteiger partial charge in [0.25, 0.3) is 0 Å². The fourth-order valence-electron chi connectivity index (χ4n) is 2.90. The van der Waals surface area contributed by atoms with Gasteiger partial charge in [0.1, 0.15) is 5.82 Å². The number of oxime groups is 1. The largest absolute Gasteiger partial charge is 0.390 e. The van der Waals surface area contributed by atoms with E-state index < -0.39 is 0 Å². The molecule has 22 heavy (non-hydrogen) atoms. The maximum atomic E-state index is 13.3. The fraction of sp³-hybridized carbons (Fsp3) is 0.529. The molecule has 5 heteroatoms. The zero-order chi connectivity index (χ0) is 15.5. The van der Waals surface area contributed by atoms with E-state index in [-0.39, 0.29) is 23.7 Å². The standard InChI is InChI=1S/C17H21FN2O2/c1-2-20(17(21)12-5-3-6-12)11-15-10-16(19-22-15)13-7-4-8-14(18)9-13/h4,7-9,12,15H,2-3,5-6,10-11H2,1H3. The summed E-state index contributed by atoms with van der Waals surface area (Å²) in [4.78, 5) is 19.6. The minimum atomic E-state index is -0.279. The highest BCUT2D eigenvalue weighted by Gasteiger charge is 2.32. The van der Waals surface area contributed by atoms with E-state index in [4.69, 9.17) is 4.84 Å². The summed E-state index contributed by atoms with van der Waals surface area (Å²) in [6.45, 7) is 3.22. The Morgan fingerprint density at radius 1 is 1.45 bits per heavy atom. The third-order valence-electron chi connectivity index (χ3n) is 4.46. The lowest BCUT2D eigenvalue weighted by Gasteiger charge is -2.31. The molecule has 4 nitrogen and oxygen atoms in total. The van der Waals surface area contributed by atoms with E-state index in [9.17, 15) is 9.18 Å². The first-order valence-electron chi connectivity index (χ1n) is 7.94. The van der Waals surface area contributed by atoms with E-state index >= 15 is 0 Å². The Balaban J connectivity index is 1.58. The van der Waals surface area contributed by atoms with E-state index in [0.717, 1.165) is 30.5 Å². The summed E-state index contributed by atoms with van der Waals surface area (Å²) in [5.74, 6) is 0.153. The average Bonchev–Trinajstić information content (AvgIpc) is 2.91. The van der Waals surface area contributed by atoms with Crippen LogP contribution in [0.5, 0.6) is 0 Å². The van der Waals surface area contributed by atoms with Crippen molar-refractivity contribution in [2.45, 2.75) is 38.7 Å². The maximum absolute atomic E-state index is 13.3. The van der Waals surface area contributed by atoms with E-state index in [1.165, 1.54) is 12.1 Å². The third-order valence-corrected chi connectivity index (χ3v) is 4.46. The summed E-state index contributed by atoms with van der Waals surface area (Å²) >= 11 is 0. The summed E-state index contributed by atoms with van der Waals surface area (Å²) in [5.41, 5.74) is 1.49. The molecule has 1 amide bonds. The van der Waals surface area contributed by atoms with Crippen molar-refractivity contribution in [3.05, 3.63) is 35.6 Å². The molecule has 0 radical (unpaired) electrons. The van der Waals surface area contributed by atoms with Gasteiger partial charge in [-0.1, -0.05) is 23.7 Å². The summed E-state index contributed by atoms with van der Waals surface area (Å²) in [5, 5.41) is 4.07. The lowest BCUT2D eigenvalue weighted by molar-refractivity contribution is -0.139. The molecule has 2 aliphatic rings. The van der Waals surface area contributed by atoms with E-state index in [2.05, 4.69) is 5.16 Å². The molecule has 1 unspecified atom stereocenters. The van der Waals surface area contributed by atoms with Gasteiger partial charge in [-0.2, -0.15) is 0 Å². The first-order valence-corrected chi connectivity index (χ1v) is 7.94. The fourth-order valence-corrected chi connectivity index (χ4v) is 2.90. The normalized spacial score (nSPS) is 21.0. The van der Waals surface area contributed by atoms with Crippen LogP contribution in [0.4, 0.5) is 4.39 Å². The number of amides is 1. The Kier molecular flexibility index (Phi) is 4.41. The zero-order valence-corrected chi connectivity index (χ0v) is 12.8. The third kappa shape index (κ3) is 3.13. The molecule has 1 aliphatic heterocycles. The first-order chi connectivity index (χ1) is 10.7. The highest BCUT2D eigenvalue weighted by Crippen LogP contribution is 2.29. The van der Waals surface area contributed by atoms with Gasteiger partial charge < -0.3 is 9.74 Å². The van der Waals surface area contributed by atoms with E-state index in [1.807, 2.05) is 17.9 Å². The molecule has 1 aromatic rings. The van der Waals surface area contributed by atoms with Gasteiger partial charge in [0, 0.05) is 24.4 Å². The number of nitrogens with zero attached hydrogens (tertiary/aromatic N) is 2. The molecule has 1 aliphatic carbocycles. The second kappa shape index (κ2) is 6.46. The molecule has 0 saturated heterocycles. The molecule has 0 aromatic heterocycles. The van der Waals surface area contributed by atoms with Crippen LogP contribution in [-0.4, -0.2) is 35.7 Å². The molecule has 3 rings (SSSR count). The van der Waals surface area contributed by atoms with Gasteiger partial charge in [-0.15, -0.1) is 0 Å². The summed E-state index contributed by atoms with van der Waals surface area (Å²) in [7, 11) is 0. The molecule has 0 N–H and O–H groups in total. The topological polar surface area (TPSA) is 41.9 Å². The number of halogens is 1. The molecule has 1 heterocycles.